The largest absolute Gasteiger partial charge is 0.391 e. The number of aliphatic hydroxyl groups is 3. The maximum absolute atomic E-state index is 10.8. The Hall–Kier alpha value is -2.03. The fourth-order valence-electron chi connectivity index (χ4n) is 1.61. The summed E-state index contributed by atoms with van der Waals surface area (Å²) in [4.78, 5) is 20.7. The number of hydrogen-bond donors (Lipinski definition) is 4. The molecule has 5 N–H and O–H groups in total. The van der Waals surface area contributed by atoms with Crippen LogP contribution in [0.15, 0.2) is 18.2 Å². The van der Waals surface area contributed by atoms with Crippen molar-refractivity contribution in [2.24, 2.45) is 5.73 Å². The van der Waals surface area contributed by atoms with Gasteiger partial charge in [0.05, 0.1) is 29.6 Å². The summed E-state index contributed by atoms with van der Waals surface area (Å²) >= 11 is 0. The second-order valence-corrected chi connectivity index (χ2v) is 3.99. The smallest absolute Gasteiger partial charge is 0.275 e. The van der Waals surface area contributed by atoms with E-state index >= 15 is 0 Å². The van der Waals surface area contributed by atoms with Gasteiger partial charge in [0, 0.05) is 6.07 Å². The van der Waals surface area contributed by atoms with Crippen molar-refractivity contribution in [1.82, 2.24) is 0 Å². The van der Waals surface area contributed by atoms with Gasteiger partial charge in [0.2, 0.25) is 5.91 Å². The average molecular weight is 270 g/mol. The van der Waals surface area contributed by atoms with Crippen molar-refractivity contribution in [3.8, 4) is 0 Å². The van der Waals surface area contributed by atoms with Gasteiger partial charge in [-0.25, -0.2) is 0 Å². The number of benzene rings is 1. The molecule has 104 valence electrons. The van der Waals surface area contributed by atoms with Gasteiger partial charge < -0.3 is 21.1 Å². The molecule has 1 aromatic rings. The molecule has 0 radical (unpaired) electrons. The minimum absolute atomic E-state index is 0.0673. The molecule has 1 aromatic carbocycles. The molecule has 0 aromatic heterocycles. The zero-order valence-electron chi connectivity index (χ0n) is 9.89. The van der Waals surface area contributed by atoms with Gasteiger partial charge >= 0.3 is 0 Å². The van der Waals surface area contributed by atoms with Crippen LogP contribution in [0, 0.1) is 10.1 Å². The highest BCUT2D eigenvalue weighted by Gasteiger charge is 2.23. The van der Waals surface area contributed by atoms with E-state index in [1.165, 1.54) is 12.1 Å². The molecule has 0 spiro atoms. The third-order valence-corrected chi connectivity index (χ3v) is 2.59. The number of nitrogens with zero attached hydrogens (tertiary/aromatic N) is 1. The summed E-state index contributed by atoms with van der Waals surface area (Å²) in [6, 6.07) is 3.64. The molecule has 0 fully saturated rings. The highest BCUT2D eigenvalue weighted by atomic mass is 16.6. The van der Waals surface area contributed by atoms with Crippen LogP contribution >= 0.6 is 0 Å². The van der Waals surface area contributed by atoms with E-state index < -0.39 is 36.1 Å². The van der Waals surface area contributed by atoms with Gasteiger partial charge in [-0.05, 0) is 11.6 Å². The second-order valence-electron chi connectivity index (χ2n) is 3.99. The molecule has 1 amide bonds. The first-order valence-electron chi connectivity index (χ1n) is 5.39. The lowest BCUT2D eigenvalue weighted by molar-refractivity contribution is -0.386. The van der Waals surface area contributed by atoms with Crippen molar-refractivity contribution >= 4 is 11.6 Å². The molecule has 0 saturated heterocycles. The topological polar surface area (TPSA) is 147 Å². The van der Waals surface area contributed by atoms with Crippen molar-refractivity contribution in [1.29, 1.82) is 0 Å². The number of nitro groups is 1. The Balaban J connectivity index is 3.04. The Morgan fingerprint density at radius 2 is 2.05 bits per heavy atom. The molecule has 8 heteroatoms. The van der Waals surface area contributed by atoms with Crippen molar-refractivity contribution < 1.29 is 25.0 Å². The lowest BCUT2D eigenvalue weighted by atomic mass is 9.99. The molecule has 0 bridgehead atoms. The Kier molecular flexibility index (Phi) is 4.93. The fraction of sp³-hybridized carbons (Fsp3) is 0.364. The third kappa shape index (κ3) is 3.71. The Morgan fingerprint density at radius 3 is 2.53 bits per heavy atom. The molecule has 0 aliphatic carbocycles. The summed E-state index contributed by atoms with van der Waals surface area (Å²) in [7, 11) is 0. The first-order chi connectivity index (χ1) is 8.86. The van der Waals surface area contributed by atoms with Crippen LogP contribution in [0.4, 0.5) is 5.69 Å². The van der Waals surface area contributed by atoms with E-state index in [-0.39, 0.29) is 16.8 Å². The first kappa shape index (κ1) is 15.0. The Labute approximate surface area is 108 Å². The van der Waals surface area contributed by atoms with Gasteiger partial charge in [0.25, 0.3) is 5.69 Å². The van der Waals surface area contributed by atoms with E-state index in [2.05, 4.69) is 0 Å². The zero-order valence-corrected chi connectivity index (χ0v) is 9.89. The number of carbonyl (C=O) groups is 1. The number of rotatable bonds is 6. The molecule has 0 aliphatic rings. The number of aliphatic hydroxyl groups excluding tert-OH is 3. The molecular formula is C11H14N2O6. The standard InChI is InChI=1S/C11H14N2O6/c12-10(16)4-9(15)11(17)6-1-2-7(5-14)8(3-6)13(18)19/h1-3,9,11,14-15,17H,4-5H2,(H2,12,16). The van der Waals surface area contributed by atoms with Gasteiger partial charge in [-0.15, -0.1) is 0 Å². The number of hydrogen-bond acceptors (Lipinski definition) is 6. The maximum atomic E-state index is 10.8. The highest BCUT2D eigenvalue weighted by molar-refractivity contribution is 5.74. The maximum Gasteiger partial charge on any atom is 0.275 e. The molecule has 19 heavy (non-hydrogen) atoms. The van der Waals surface area contributed by atoms with Crippen LogP contribution in [0.1, 0.15) is 23.7 Å². The monoisotopic (exact) mass is 270 g/mol. The van der Waals surface area contributed by atoms with E-state index in [9.17, 15) is 25.1 Å². The molecular weight excluding hydrogens is 256 g/mol. The third-order valence-electron chi connectivity index (χ3n) is 2.59. The quantitative estimate of drug-likeness (QED) is 0.399. The van der Waals surface area contributed by atoms with Crippen LogP contribution in [-0.2, 0) is 11.4 Å². The molecule has 1 rings (SSSR count). The van der Waals surface area contributed by atoms with Crippen LogP contribution in [-0.4, -0.2) is 32.3 Å². The number of nitro benzene ring substituents is 1. The molecule has 0 aliphatic heterocycles. The van der Waals surface area contributed by atoms with Gasteiger partial charge in [0.15, 0.2) is 0 Å². The fourth-order valence-corrected chi connectivity index (χ4v) is 1.61. The summed E-state index contributed by atoms with van der Waals surface area (Å²) in [5, 5.41) is 39.0. The van der Waals surface area contributed by atoms with Crippen molar-refractivity contribution in [3.05, 3.63) is 39.4 Å². The average Bonchev–Trinajstić information content (AvgIpc) is 2.36. The number of nitrogens with two attached hydrogens (primary N) is 1. The van der Waals surface area contributed by atoms with E-state index in [0.29, 0.717) is 0 Å². The minimum Gasteiger partial charge on any atom is -0.391 e. The van der Waals surface area contributed by atoms with Gasteiger partial charge in [-0.3, -0.25) is 14.9 Å². The Morgan fingerprint density at radius 1 is 1.42 bits per heavy atom. The predicted molar refractivity (Wildman–Crippen MR) is 63.8 cm³/mol. The van der Waals surface area contributed by atoms with E-state index in [0.717, 1.165) is 6.07 Å². The van der Waals surface area contributed by atoms with E-state index in [1.807, 2.05) is 0 Å². The summed E-state index contributed by atoms with van der Waals surface area (Å²) < 4.78 is 0. The van der Waals surface area contributed by atoms with Gasteiger partial charge in [-0.1, -0.05) is 6.07 Å². The molecule has 2 unspecified atom stereocenters. The van der Waals surface area contributed by atoms with Crippen molar-refractivity contribution in [2.75, 3.05) is 0 Å². The summed E-state index contributed by atoms with van der Waals surface area (Å²) in [6.45, 7) is -0.517. The van der Waals surface area contributed by atoms with Crippen LogP contribution < -0.4 is 5.73 Å². The van der Waals surface area contributed by atoms with Crippen molar-refractivity contribution in [3.63, 3.8) is 0 Å². The van der Waals surface area contributed by atoms with Gasteiger partial charge in [0.1, 0.15) is 6.10 Å². The van der Waals surface area contributed by atoms with Crippen LogP contribution in [0.5, 0.6) is 0 Å². The van der Waals surface area contributed by atoms with Crippen LogP contribution in [0.25, 0.3) is 0 Å². The van der Waals surface area contributed by atoms with E-state index in [1.54, 1.807) is 0 Å². The lowest BCUT2D eigenvalue weighted by Crippen LogP contribution is -2.25. The lowest BCUT2D eigenvalue weighted by Gasteiger charge is -2.17. The zero-order chi connectivity index (χ0) is 14.6. The predicted octanol–water partition coefficient (Wildman–Crippen LogP) is -0.643. The molecule has 2 atom stereocenters. The Bertz CT molecular complexity index is 490. The molecule has 8 nitrogen and oxygen atoms in total. The van der Waals surface area contributed by atoms with Crippen LogP contribution in [0.3, 0.4) is 0 Å². The molecule has 0 saturated carbocycles. The van der Waals surface area contributed by atoms with E-state index in [4.69, 9.17) is 10.8 Å². The SMILES string of the molecule is NC(=O)CC(O)C(O)c1ccc(CO)c([N+](=O)[O-])c1. The highest BCUT2D eigenvalue weighted by Crippen LogP contribution is 2.26. The number of primary amides is 1. The summed E-state index contributed by atoms with van der Waals surface area (Å²) in [6.07, 6.45) is -3.38. The van der Waals surface area contributed by atoms with Crippen molar-refractivity contribution in [2.45, 2.75) is 25.2 Å². The minimum atomic E-state index is -1.47. The van der Waals surface area contributed by atoms with Crippen LogP contribution in [0.2, 0.25) is 0 Å². The van der Waals surface area contributed by atoms with Gasteiger partial charge in [-0.2, -0.15) is 0 Å². The number of carbonyl (C=O) groups excluding carboxylic acids is 1. The number of amides is 1. The first-order valence-corrected chi connectivity index (χ1v) is 5.39. The normalized spacial score (nSPS) is 13.8. The summed E-state index contributed by atoms with van der Waals surface area (Å²) in [5.41, 5.74) is 4.67. The summed E-state index contributed by atoms with van der Waals surface area (Å²) in [5.74, 6) is -0.798. The second kappa shape index (κ2) is 6.23. The molecule has 0 heterocycles.